The molecule has 1 aromatic rings. The lowest BCUT2D eigenvalue weighted by molar-refractivity contribution is -0.113. The second-order valence-corrected chi connectivity index (χ2v) is 3.75. The van der Waals surface area contributed by atoms with Gasteiger partial charge in [0.2, 0.25) is 5.91 Å². The minimum absolute atomic E-state index is 0.00239. The van der Waals surface area contributed by atoms with Crippen molar-refractivity contribution in [2.75, 3.05) is 11.2 Å². The smallest absolute Gasteiger partial charge is 0.239 e. The number of hydrogen-bond acceptors (Lipinski definition) is 1. The fraction of sp³-hybridized carbons (Fsp3) is 0.417. The molecule has 2 nitrogen and oxygen atoms in total. The van der Waals surface area contributed by atoms with Gasteiger partial charge in [-0.05, 0) is 30.5 Å². The summed E-state index contributed by atoms with van der Waals surface area (Å²) in [7, 11) is 0. The number of carbonyl (C=O) groups excluding carboxylic acids is 1. The number of unbranched alkanes of at least 4 members (excludes halogenated alkanes) is 1. The Bertz CT molecular complexity index is 308. The van der Waals surface area contributed by atoms with Gasteiger partial charge in [-0.2, -0.15) is 0 Å². The van der Waals surface area contributed by atoms with E-state index in [0.717, 1.165) is 12.1 Å². The third-order valence-electron chi connectivity index (χ3n) is 2.18. The Morgan fingerprint density at radius 2 is 2.00 bits per heavy atom. The number of aryl methyl sites for hydroxylation is 1. The average molecular weight is 226 g/mol. The van der Waals surface area contributed by atoms with E-state index in [4.69, 9.17) is 11.6 Å². The van der Waals surface area contributed by atoms with Gasteiger partial charge in [-0.1, -0.05) is 25.5 Å². The van der Waals surface area contributed by atoms with E-state index in [0.29, 0.717) is 0 Å². The first-order chi connectivity index (χ1) is 7.26. The molecule has 0 saturated heterocycles. The largest absolute Gasteiger partial charge is 0.325 e. The van der Waals surface area contributed by atoms with E-state index in [1.54, 1.807) is 0 Å². The molecule has 1 rings (SSSR count). The summed E-state index contributed by atoms with van der Waals surface area (Å²) in [5, 5.41) is 2.70. The lowest BCUT2D eigenvalue weighted by Crippen LogP contribution is -2.12. The van der Waals surface area contributed by atoms with Crippen molar-refractivity contribution in [3.8, 4) is 0 Å². The number of amides is 1. The van der Waals surface area contributed by atoms with Crippen LogP contribution in [-0.2, 0) is 11.2 Å². The minimum Gasteiger partial charge on any atom is -0.325 e. The number of rotatable bonds is 5. The lowest BCUT2D eigenvalue weighted by atomic mass is 10.1. The summed E-state index contributed by atoms with van der Waals surface area (Å²) in [5.74, 6) is -0.171. The number of halogens is 1. The normalized spacial score (nSPS) is 10.0. The maximum atomic E-state index is 11.0. The van der Waals surface area contributed by atoms with Gasteiger partial charge in [-0.3, -0.25) is 4.79 Å². The SMILES string of the molecule is CCCCc1ccc(NC(=O)CCl)cc1. The van der Waals surface area contributed by atoms with Crippen molar-refractivity contribution < 1.29 is 4.79 Å². The van der Waals surface area contributed by atoms with Crippen molar-refractivity contribution in [3.63, 3.8) is 0 Å². The van der Waals surface area contributed by atoms with E-state index in [2.05, 4.69) is 12.2 Å². The van der Waals surface area contributed by atoms with Crippen LogP contribution in [0.1, 0.15) is 25.3 Å². The van der Waals surface area contributed by atoms with E-state index in [9.17, 15) is 4.79 Å². The molecule has 0 saturated carbocycles. The van der Waals surface area contributed by atoms with E-state index in [-0.39, 0.29) is 11.8 Å². The van der Waals surface area contributed by atoms with Crippen molar-refractivity contribution in [1.29, 1.82) is 0 Å². The molecule has 0 heterocycles. The van der Waals surface area contributed by atoms with Crippen LogP contribution in [0.4, 0.5) is 5.69 Å². The van der Waals surface area contributed by atoms with Crippen molar-refractivity contribution in [2.24, 2.45) is 0 Å². The summed E-state index contributed by atoms with van der Waals surface area (Å²) in [6.45, 7) is 2.18. The van der Waals surface area contributed by atoms with Crippen LogP contribution in [0.25, 0.3) is 0 Å². The quantitative estimate of drug-likeness (QED) is 0.767. The highest BCUT2D eigenvalue weighted by atomic mass is 35.5. The van der Waals surface area contributed by atoms with E-state index in [1.807, 2.05) is 24.3 Å². The van der Waals surface area contributed by atoms with Crippen molar-refractivity contribution in [1.82, 2.24) is 0 Å². The highest BCUT2D eigenvalue weighted by Crippen LogP contribution is 2.11. The number of nitrogens with one attached hydrogen (secondary N) is 1. The molecular weight excluding hydrogens is 210 g/mol. The number of carbonyl (C=O) groups is 1. The molecule has 0 unspecified atom stereocenters. The van der Waals surface area contributed by atoms with Crippen molar-refractivity contribution in [2.45, 2.75) is 26.2 Å². The molecular formula is C12H16ClNO. The van der Waals surface area contributed by atoms with Crippen molar-refractivity contribution >= 4 is 23.2 Å². The fourth-order valence-electron chi connectivity index (χ4n) is 1.33. The molecule has 0 spiro atoms. The minimum atomic E-state index is -0.169. The van der Waals surface area contributed by atoms with Crippen LogP contribution in [0.3, 0.4) is 0 Å². The molecule has 3 heteroatoms. The summed E-state index contributed by atoms with van der Waals surface area (Å²) in [6, 6.07) is 7.91. The van der Waals surface area contributed by atoms with E-state index in [1.165, 1.54) is 18.4 Å². The molecule has 0 atom stereocenters. The molecule has 82 valence electrons. The summed E-state index contributed by atoms with van der Waals surface area (Å²) in [6.07, 6.45) is 3.50. The molecule has 0 bridgehead atoms. The second-order valence-electron chi connectivity index (χ2n) is 3.48. The van der Waals surface area contributed by atoms with E-state index < -0.39 is 0 Å². The monoisotopic (exact) mass is 225 g/mol. The van der Waals surface area contributed by atoms with Gasteiger partial charge in [-0.15, -0.1) is 11.6 Å². The first-order valence-corrected chi connectivity index (χ1v) is 5.74. The molecule has 1 N–H and O–H groups in total. The molecule has 1 amide bonds. The Kier molecular flexibility index (Phi) is 5.19. The Morgan fingerprint density at radius 1 is 1.33 bits per heavy atom. The van der Waals surface area contributed by atoms with Crippen LogP contribution in [0, 0.1) is 0 Å². The van der Waals surface area contributed by atoms with Crippen LogP contribution < -0.4 is 5.32 Å². The third kappa shape index (κ3) is 4.34. The van der Waals surface area contributed by atoms with Gasteiger partial charge in [0.05, 0.1) is 0 Å². The molecule has 0 aliphatic carbocycles. The lowest BCUT2D eigenvalue weighted by Gasteiger charge is -2.04. The molecule has 0 aliphatic heterocycles. The second kappa shape index (κ2) is 6.46. The fourth-order valence-corrected chi connectivity index (χ4v) is 1.40. The highest BCUT2D eigenvalue weighted by Gasteiger charge is 1.99. The van der Waals surface area contributed by atoms with Gasteiger partial charge in [0.1, 0.15) is 5.88 Å². The van der Waals surface area contributed by atoms with Gasteiger partial charge in [0.25, 0.3) is 0 Å². The van der Waals surface area contributed by atoms with Gasteiger partial charge in [-0.25, -0.2) is 0 Å². The zero-order valence-corrected chi connectivity index (χ0v) is 9.68. The average Bonchev–Trinajstić information content (AvgIpc) is 2.28. The van der Waals surface area contributed by atoms with Gasteiger partial charge >= 0.3 is 0 Å². The summed E-state index contributed by atoms with van der Waals surface area (Å²) in [5.41, 5.74) is 2.11. The zero-order chi connectivity index (χ0) is 11.1. The molecule has 0 aromatic heterocycles. The van der Waals surface area contributed by atoms with Crippen LogP contribution in [-0.4, -0.2) is 11.8 Å². The van der Waals surface area contributed by atoms with Crippen LogP contribution in [0.2, 0.25) is 0 Å². The molecule has 0 fully saturated rings. The zero-order valence-electron chi connectivity index (χ0n) is 8.92. The summed E-state index contributed by atoms with van der Waals surface area (Å²) < 4.78 is 0. The summed E-state index contributed by atoms with van der Waals surface area (Å²) >= 11 is 5.39. The van der Waals surface area contributed by atoms with Gasteiger partial charge < -0.3 is 5.32 Å². The molecule has 15 heavy (non-hydrogen) atoms. The maximum Gasteiger partial charge on any atom is 0.239 e. The van der Waals surface area contributed by atoms with Gasteiger partial charge in [0, 0.05) is 5.69 Å². The van der Waals surface area contributed by atoms with Crippen LogP contribution >= 0.6 is 11.6 Å². The molecule has 0 aliphatic rings. The van der Waals surface area contributed by atoms with Crippen LogP contribution in [0.5, 0.6) is 0 Å². The topological polar surface area (TPSA) is 29.1 Å². The number of benzene rings is 1. The van der Waals surface area contributed by atoms with Gasteiger partial charge in [0.15, 0.2) is 0 Å². The molecule has 0 radical (unpaired) electrons. The Balaban J connectivity index is 2.52. The standard InChI is InChI=1S/C12H16ClNO/c1-2-3-4-10-5-7-11(8-6-10)14-12(15)9-13/h5-8H,2-4,9H2,1H3,(H,14,15). The summed E-state index contributed by atoms with van der Waals surface area (Å²) in [4.78, 5) is 11.0. The number of anilines is 1. The Hall–Kier alpha value is -1.02. The predicted molar refractivity (Wildman–Crippen MR) is 64.4 cm³/mol. The number of alkyl halides is 1. The number of hydrogen-bond donors (Lipinski definition) is 1. The van der Waals surface area contributed by atoms with E-state index >= 15 is 0 Å². The first kappa shape index (κ1) is 12.1. The Morgan fingerprint density at radius 3 is 2.53 bits per heavy atom. The molecule has 1 aromatic carbocycles. The third-order valence-corrected chi connectivity index (χ3v) is 2.42. The maximum absolute atomic E-state index is 11.0. The highest BCUT2D eigenvalue weighted by molar-refractivity contribution is 6.29. The Labute approximate surface area is 95.6 Å². The first-order valence-electron chi connectivity index (χ1n) is 5.21. The predicted octanol–water partition coefficient (Wildman–Crippen LogP) is 3.21. The van der Waals surface area contributed by atoms with Crippen molar-refractivity contribution in [3.05, 3.63) is 29.8 Å². The van der Waals surface area contributed by atoms with Crippen LogP contribution in [0.15, 0.2) is 24.3 Å².